The van der Waals surface area contributed by atoms with E-state index in [0.29, 0.717) is 24.9 Å². The maximum absolute atomic E-state index is 11.7. The van der Waals surface area contributed by atoms with Gasteiger partial charge < -0.3 is 9.84 Å². The molecular formula is C15H24O3. The summed E-state index contributed by atoms with van der Waals surface area (Å²) in [7, 11) is 0. The van der Waals surface area contributed by atoms with Crippen LogP contribution in [0.25, 0.3) is 0 Å². The zero-order valence-electron chi connectivity index (χ0n) is 11.6. The molecule has 3 fully saturated rings. The van der Waals surface area contributed by atoms with Gasteiger partial charge in [0, 0.05) is 0 Å². The summed E-state index contributed by atoms with van der Waals surface area (Å²) in [6.45, 7) is 6.99. The molecule has 3 aliphatic rings. The molecule has 7 unspecified atom stereocenters. The molecule has 0 aromatic rings. The van der Waals surface area contributed by atoms with Gasteiger partial charge in [-0.2, -0.15) is 0 Å². The smallest absolute Gasteiger partial charge is 0.311 e. The van der Waals surface area contributed by atoms with Crippen molar-refractivity contribution in [1.29, 1.82) is 0 Å². The van der Waals surface area contributed by atoms with Crippen molar-refractivity contribution in [2.75, 3.05) is 6.61 Å². The van der Waals surface area contributed by atoms with Crippen molar-refractivity contribution in [3.63, 3.8) is 0 Å². The summed E-state index contributed by atoms with van der Waals surface area (Å²) < 4.78 is 5.04. The minimum absolute atomic E-state index is 0.191. The zero-order valence-corrected chi connectivity index (χ0v) is 11.6. The fourth-order valence-corrected chi connectivity index (χ4v) is 4.90. The van der Waals surface area contributed by atoms with Crippen LogP contribution < -0.4 is 0 Å². The van der Waals surface area contributed by atoms with Crippen molar-refractivity contribution >= 4 is 5.97 Å². The number of esters is 1. The first-order chi connectivity index (χ1) is 8.43. The molecule has 7 atom stereocenters. The molecular weight excluding hydrogens is 228 g/mol. The van der Waals surface area contributed by atoms with E-state index in [-0.39, 0.29) is 17.8 Å². The standard InChI is InChI=1S/C15H24O3/c1-8-9(2)11-6-10(8)7-13(11)15(3,17)12-4-5-18-14(12)16/h8-13,17H,4-7H2,1-3H3. The number of hydrogen-bond acceptors (Lipinski definition) is 3. The lowest BCUT2D eigenvalue weighted by molar-refractivity contribution is -0.153. The van der Waals surface area contributed by atoms with Gasteiger partial charge in [-0.3, -0.25) is 4.79 Å². The second kappa shape index (κ2) is 3.96. The summed E-state index contributed by atoms with van der Waals surface area (Å²) >= 11 is 0. The Morgan fingerprint density at radius 1 is 1.28 bits per heavy atom. The van der Waals surface area contributed by atoms with Crippen LogP contribution in [0.5, 0.6) is 0 Å². The molecule has 2 saturated carbocycles. The van der Waals surface area contributed by atoms with E-state index in [4.69, 9.17) is 4.74 Å². The maximum atomic E-state index is 11.7. The zero-order chi connectivity index (χ0) is 13.1. The highest BCUT2D eigenvalue weighted by atomic mass is 16.5. The van der Waals surface area contributed by atoms with Gasteiger partial charge in [-0.15, -0.1) is 0 Å². The average Bonchev–Trinajstić information content (AvgIpc) is 2.97. The van der Waals surface area contributed by atoms with Crippen LogP contribution in [-0.2, 0) is 9.53 Å². The van der Waals surface area contributed by atoms with E-state index in [1.165, 1.54) is 6.42 Å². The SMILES string of the molecule is CC1C2CC(C1C)C(C(C)(O)C1CCOC1=O)C2. The lowest BCUT2D eigenvalue weighted by Crippen LogP contribution is -2.48. The van der Waals surface area contributed by atoms with E-state index in [2.05, 4.69) is 13.8 Å². The number of carbonyl (C=O) groups is 1. The van der Waals surface area contributed by atoms with Crippen molar-refractivity contribution in [1.82, 2.24) is 0 Å². The molecule has 1 aliphatic heterocycles. The first-order valence-electron chi connectivity index (χ1n) is 7.32. The van der Waals surface area contributed by atoms with Gasteiger partial charge in [0.2, 0.25) is 0 Å². The first kappa shape index (κ1) is 12.5. The largest absolute Gasteiger partial charge is 0.465 e. The molecule has 1 N–H and O–H groups in total. The highest BCUT2D eigenvalue weighted by Gasteiger charge is 2.57. The lowest BCUT2D eigenvalue weighted by Gasteiger charge is -2.42. The predicted octanol–water partition coefficient (Wildman–Crippen LogP) is 2.23. The van der Waals surface area contributed by atoms with E-state index < -0.39 is 5.60 Å². The van der Waals surface area contributed by atoms with Gasteiger partial charge in [-0.25, -0.2) is 0 Å². The van der Waals surface area contributed by atoms with Crippen molar-refractivity contribution in [3.8, 4) is 0 Å². The molecule has 1 saturated heterocycles. The summed E-state index contributed by atoms with van der Waals surface area (Å²) in [4.78, 5) is 11.7. The monoisotopic (exact) mass is 252 g/mol. The van der Waals surface area contributed by atoms with E-state index in [0.717, 1.165) is 18.3 Å². The highest BCUT2D eigenvalue weighted by molar-refractivity contribution is 5.75. The van der Waals surface area contributed by atoms with Crippen LogP contribution in [-0.4, -0.2) is 23.3 Å². The van der Waals surface area contributed by atoms with E-state index >= 15 is 0 Å². The molecule has 18 heavy (non-hydrogen) atoms. The van der Waals surface area contributed by atoms with Gasteiger partial charge in [0.05, 0.1) is 18.1 Å². The van der Waals surface area contributed by atoms with Gasteiger partial charge >= 0.3 is 5.97 Å². The van der Waals surface area contributed by atoms with Crippen molar-refractivity contribution in [2.45, 2.75) is 45.6 Å². The number of aliphatic hydroxyl groups is 1. The van der Waals surface area contributed by atoms with Crippen LogP contribution >= 0.6 is 0 Å². The first-order valence-corrected chi connectivity index (χ1v) is 7.32. The van der Waals surface area contributed by atoms with Gasteiger partial charge in [-0.1, -0.05) is 13.8 Å². The average molecular weight is 252 g/mol. The fourth-order valence-electron chi connectivity index (χ4n) is 4.90. The molecule has 0 aromatic carbocycles. The van der Waals surface area contributed by atoms with E-state index in [1.54, 1.807) is 0 Å². The minimum atomic E-state index is -0.874. The van der Waals surface area contributed by atoms with Gasteiger partial charge in [0.1, 0.15) is 0 Å². The molecule has 3 heteroatoms. The molecule has 0 amide bonds. The molecule has 0 aromatic heterocycles. The highest BCUT2D eigenvalue weighted by Crippen LogP contribution is 2.59. The van der Waals surface area contributed by atoms with Crippen LogP contribution in [0.4, 0.5) is 0 Å². The Kier molecular flexibility index (Phi) is 2.74. The van der Waals surface area contributed by atoms with Gasteiger partial charge in [0.15, 0.2) is 0 Å². The molecule has 2 bridgehead atoms. The minimum Gasteiger partial charge on any atom is -0.465 e. The Labute approximate surface area is 109 Å². The van der Waals surface area contributed by atoms with E-state index in [9.17, 15) is 9.90 Å². The molecule has 3 rings (SSSR count). The number of carbonyl (C=O) groups excluding carboxylic acids is 1. The van der Waals surface area contributed by atoms with Crippen molar-refractivity contribution in [3.05, 3.63) is 0 Å². The Morgan fingerprint density at radius 3 is 2.50 bits per heavy atom. The van der Waals surface area contributed by atoms with Crippen LogP contribution in [0, 0.1) is 35.5 Å². The molecule has 2 aliphatic carbocycles. The number of rotatable bonds is 2. The Bertz CT molecular complexity index is 361. The third kappa shape index (κ3) is 1.56. The quantitative estimate of drug-likeness (QED) is 0.767. The number of ether oxygens (including phenoxy) is 1. The number of hydrogen-bond donors (Lipinski definition) is 1. The third-order valence-corrected chi connectivity index (χ3v) is 6.29. The van der Waals surface area contributed by atoms with Gasteiger partial charge in [0.25, 0.3) is 0 Å². The van der Waals surface area contributed by atoms with Crippen molar-refractivity contribution < 1.29 is 14.6 Å². The Hall–Kier alpha value is -0.570. The van der Waals surface area contributed by atoms with Crippen LogP contribution in [0.3, 0.4) is 0 Å². The Balaban J connectivity index is 1.81. The topological polar surface area (TPSA) is 46.5 Å². The van der Waals surface area contributed by atoms with Crippen molar-refractivity contribution in [2.24, 2.45) is 35.5 Å². The lowest BCUT2D eigenvalue weighted by atomic mass is 9.65. The molecule has 102 valence electrons. The molecule has 1 heterocycles. The Morgan fingerprint density at radius 2 is 2.00 bits per heavy atom. The number of fused-ring (bicyclic) bond motifs is 2. The van der Waals surface area contributed by atoms with E-state index in [1.807, 2.05) is 6.92 Å². The molecule has 0 spiro atoms. The summed E-state index contributed by atoms with van der Waals surface area (Å²) in [6.07, 6.45) is 3.02. The normalized spacial score (nSPS) is 50.3. The summed E-state index contributed by atoms with van der Waals surface area (Å²) in [5.41, 5.74) is -0.874. The summed E-state index contributed by atoms with van der Waals surface area (Å²) in [6, 6.07) is 0. The maximum Gasteiger partial charge on any atom is 0.311 e. The molecule has 0 radical (unpaired) electrons. The van der Waals surface area contributed by atoms with Crippen LogP contribution in [0.2, 0.25) is 0 Å². The fraction of sp³-hybridized carbons (Fsp3) is 0.933. The van der Waals surface area contributed by atoms with Gasteiger partial charge in [-0.05, 0) is 55.8 Å². The third-order valence-electron chi connectivity index (χ3n) is 6.29. The summed E-state index contributed by atoms with van der Waals surface area (Å²) in [5.74, 6) is 2.58. The predicted molar refractivity (Wildman–Crippen MR) is 67.7 cm³/mol. The second-order valence-corrected chi connectivity index (χ2v) is 6.95. The molecule has 3 nitrogen and oxygen atoms in total. The van der Waals surface area contributed by atoms with Crippen LogP contribution in [0.15, 0.2) is 0 Å². The second-order valence-electron chi connectivity index (χ2n) is 6.95. The summed E-state index contributed by atoms with van der Waals surface area (Å²) in [5, 5.41) is 10.9. The number of cyclic esters (lactones) is 1. The van der Waals surface area contributed by atoms with Crippen LogP contribution in [0.1, 0.15) is 40.0 Å².